The Morgan fingerprint density at radius 2 is 2.11 bits per heavy atom. The highest BCUT2D eigenvalue weighted by Gasteiger charge is 2.07. The molecule has 1 rings (SSSR count). The summed E-state index contributed by atoms with van der Waals surface area (Å²) in [5, 5.41) is 11.7. The van der Waals surface area contributed by atoms with Crippen molar-refractivity contribution in [1.29, 1.82) is 5.26 Å². The first-order chi connectivity index (χ1) is 8.69. The molecule has 0 aromatic heterocycles. The Balaban J connectivity index is 2.57. The summed E-state index contributed by atoms with van der Waals surface area (Å²) in [7, 11) is 1.71. The molecule has 0 saturated heterocycles. The number of nitrogens with zero attached hydrogens (tertiary/aromatic N) is 1. The van der Waals surface area contributed by atoms with Gasteiger partial charge in [-0.1, -0.05) is 26.0 Å². The van der Waals surface area contributed by atoms with Gasteiger partial charge in [-0.15, -0.1) is 0 Å². The molecule has 1 aromatic carbocycles. The van der Waals surface area contributed by atoms with Crippen molar-refractivity contribution in [2.75, 3.05) is 20.2 Å². The number of hydrogen-bond acceptors (Lipinski definition) is 3. The number of nitriles is 1. The van der Waals surface area contributed by atoms with Crippen molar-refractivity contribution >= 4 is 0 Å². The molecule has 0 bridgehead atoms. The fourth-order valence-electron chi connectivity index (χ4n) is 1.89. The average molecular weight is 246 g/mol. The molecule has 3 heteroatoms. The molecule has 0 saturated carbocycles. The Morgan fingerprint density at radius 3 is 2.72 bits per heavy atom. The van der Waals surface area contributed by atoms with Crippen molar-refractivity contribution in [1.82, 2.24) is 5.32 Å². The third-order valence-corrected chi connectivity index (χ3v) is 2.92. The lowest BCUT2D eigenvalue weighted by molar-refractivity contribution is 0.407. The van der Waals surface area contributed by atoms with Gasteiger partial charge in [-0.05, 0) is 36.1 Å². The quantitative estimate of drug-likeness (QED) is 0.752. The van der Waals surface area contributed by atoms with Crippen LogP contribution in [0.3, 0.4) is 0 Å². The summed E-state index contributed by atoms with van der Waals surface area (Å²) in [5.41, 5.74) is 2.57. The maximum atomic E-state index is 8.43. The van der Waals surface area contributed by atoms with Crippen LogP contribution in [0, 0.1) is 11.3 Å². The Morgan fingerprint density at radius 1 is 1.33 bits per heavy atom. The van der Waals surface area contributed by atoms with Crippen molar-refractivity contribution in [2.45, 2.75) is 32.6 Å². The van der Waals surface area contributed by atoms with Gasteiger partial charge in [0.15, 0.2) is 0 Å². The molecule has 0 fully saturated rings. The van der Waals surface area contributed by atoms with Crippen LogP contribution in [0.4, 0.5) is 0 Å². The van der Waals surface area contributed by atoms with E-state index in [9.17, 15) is 0 Å². The second kappa shape index (κ2) is 7.73. The minimum Gasteiger partial charge on any atom is -0.496 e. The summed E-state index contributed by atoms with van der Waals surface area (Å²) in [6.07, 6.45) is 1.55. The van der Waals surface area contributed by atoms with Crippen LogP contribution in [0.1, 0.15) is 37.3 Å². The lowest BCUT2D eigenvalue weighted by Crippen LogP contribution is -2.18. The van der Waals surface area contributed by atoms with Gasteiger partial charge in [0.05, 0.1) is 13.2 Å². The van der Waals surface area contributed by atoms with Gasteiger partial charge in [0.2, 0.25) is 0 Å². The summed E-state index contributed by atoms with van der Waals surface area (Å²) in [4.78, 5) is 0. The topological polar surface area (TPSA) is 45.0 Å². The van der Waals surface area contributed by atoms with Crippen LogP contribution in [0.15, 0.2) is 18.2 Å². The monoisotopic (exact) mass is 246 g/mol. The molecular weight excluding hydrogens is 224 g/mol. The minimum atomic E-state index is 0.464. The van der Waals surface area contributed by atoms with E-state index in [1.54, 1.807) is 7.11 Å². The second-order valence-corrected chi connectivity index (χ2v) is 4.64. The predicted octanol–water partition coefficient (Wildman–Crippen LogP) is 2.86. The van der Waals surface area contributed by atoms with E-state index in [2.05, 4.69) is 37.4 Å². The highest BCUT2D eigenvalue weighted by atomic mass is 16.5. The Hall–Kier alpha value is -1.53. The molecule has 1 N–H and O–H groups in total. The summed E-state index contributed by atoms with van der Waals surface area (Å²) in [5.74, 6) is 1.43. The smallest absolute Gasteiger partial charge is 0.122 e. The second-order valence-electron chi connectivity index (χ2n) is 4.64. The third-order valence-electron chi connectivity index (χ3n) is 2.92. The highest BCUT2D eigenvalue weighted by Crippen LogP contribution is 2.27. The molecular formula is C15H22N2O. The van der Waals surface area contributed by atoms with Crippen LogP contribution < -0.4 is 10.1 Å². The Kier molecular flexibility index (Phi) is 6.24. The number of rotatable bonds is 7. The van der Waals surface area contributed by atoms with Gasteiger partial charge in [-0.3, -0.25) is 0 Å². The molecule has 0 spiro atoms. The Labute approximate surface area is 110 Å². The molecule has 1 aromatic rings. The highest BCUT2D eigenvalue weighted by molar-refractivity contribution is 5.39. The Bertz CT molecular complexity index is 407. The molecule has 3 nitrogen and oxygen atoms in total. The standard InChI is InChI=1S/C15H22N2O/c1-12(2)14-11-13(5-6-15(14)18-3)7-10-17-9-4-8-16/h5-6,11-12,17H,4,7,9-10H2,1-3H3. The van der Waals surface area contributed by atoms with E-state index in [0.29, 0.717) is 12.3 Å². The van der Waals surface area contributed by atoms with E-state index < -0.39 is 0 Å². The molecule has 0 aliphatic carbocycles. The number of hydrogen-bond donors (Lipinski definition) is 1. The zero-order chi connectivity index (χ0) is 13.4. The fraction of sp³-hybridized carbons (Fsp3) is 0.533. The van der Waals surface area contributed by atoms with E-state index in [0.717, 1.165) is 25.3 Å². The van der Waals surface area contributed by atoms with Crippen LogP contribution in [0.25, 0.3) is 0 Å². The van der Waals surface area contributed by atoms with Crippen LogP contribution in [0.5, 0.6) is 5.75 Å². The largest absolute Gasteiger partial charge is 0.496 e. The van der Waals surface area contributed by atoms with Crippen molar-refractivity contribution < 1.29 is 4.74 Å². The number of nitrogens with one attached hydrogen (secondary N) is 1. The molecule has 18 heavy (non-hydrogen) atoms. The third kappa shape index (κ3) is 4.38. The summed E-state index contributed by atoms with van der Waals surface area (Å²) in [6.45, 7) is 6.02. The zero-order valence-electron chi connectivity index (χ0n) is 11.5. The van der Waals surface area contributed by atoms with Crippen LogP contribution in [-0.4, -0.2) is 20.2 Å². The van der Waals surface area contributed by atoms with Gasteiger partial charge in [-0.2, -0.15) is 5.26 Å². The zero-order valence-corrected chi connectivity index (χ0v) is 11.5. The molecule has 98 valence electrons. The molecule has 0 amide bonds. The number of ether oxygens (including phenoxy) is 1. The van der Waals surface area contributed by atoms with Gasteiger partial charge in [0, 0.05) is 13.0 Å². The van der Waals surface area contributed by atoms with Gasteiger partial charge >= 0.3 is 0 Å². The molecule has 0 unspecified atom stereocenters. The van der Waals surface area contributed by atoms with Crippen molar-refractivity contribution in [3.8, 4) is 11.8 Å². The number of benzene rings is 1. The van der Waals surface area contributed by atoms with E-state index in [1.165, 1.54) is 11.1 Å². The lowest BCUT2D eigenvalue weighted by Gasteiger charge is -2.13. The molecule has 0 radical (unpaired) electrons. The van der Waals surface area contributed by atoms with Crippen molar-refractivity contribution in [3.05, 3.63) is 29.3 Å². The van der Waals surface area contributed by atoms with E-state index in [4.69, 9.17) is 10.00 Å². The summed E-state index contributed by atoms with van der Waals surface area (Å²) < 4.78 is 5.37. The molecule has 0 heterocycles. The summed E-state index contributed by atoms with van der Waals surface area (Å²) in [6, 6.07) is 8.49. The first-order valence-corrected chi connectivity index (χ1v) is 6.43. The van der Waals surface area contributed by atoms with Crippen molar-refractivity contribution in [2.24, 2.45) is 0 Å². The molecule has 0 atom stereocenters. The molecule has 0 aliphatic heterocycles. The van der Waals surface area contributed by atoms with E-state index in [-0.39, 0.29) is 0 Å². The predicted molar refractivity (Wildman–Crippen MR) is 73.9 cm³/mol. The molecule has 0 aliphatic rings. The first-order valence-electron chi connectivity index (χ1n) is 6.43. The lowest BCUT2D eigenvalue weighted by atomic mass is 9.98. The fourth-order valence-corrected chi connectivity index (χ4v) is 1.89. The van der Waals surface area contributed by atoms with Crippen LogP contribution in [0.2, 0.25) is 0 Å². The maximum absolute atomic E-state index is 8.43. The van der Waals surface area contributed by atoms with E-state index >= 15 is 0 Å². The van der Waals surface area contributed by atoms with Gasteiger partial charge in [0.1, 0.15) is 5.75 Å². The minimum absolute atomic E-state index is 0.464. The first kappa shape index (κ1) is 14.5. The SMILES string of the molecule is COc1ccc(CCNCCC#N)cc1C(C)C. The maximum Gasteiger partial charge on any atom is 0.122 e. The van der Waals surface area contributed by atoms with Gasteiger partial charge in [0.25, 0.3) is 0 Å². The van der Waals surface area contributed by atoms with Crippen molar-refractivity contribution in [3.63, 3.8) is 0 Å². The normalized spacial score (nSPS) is 10.4. The van der Waals surface area contributed by atoms with Gasteiger partial charge in [-0.25, -0.2) is 0 Å². The van der Waals surface area contributed by atoms with E-state index in [1.807, 2.05) is 6.07 Å². The van der Waals surface area contributed by atoms with Crippen LogP contribution >= 0.6 is 0 Å². The number of methoxy groups -OCH3 is 1. The summed E-state index contributed by atoms with van der Waals surface area (Å²) >= 11 is 0. The van der Waals surface area contributed by atoms with Gasteiger partial charge < -0.3 is 10.1 Å². The van der Waals surface area contributed by atoms with Crippen LogP contribution in [-0.2, 0) is 6.42 Å². The average Bonchev–Trinajstić information content (AvgIpc) is 2.38.